The van der Waals surface area contributed by atoms with Gasteiger partial charge in [-0.1, -0.05) is 6.92 Å². The van der Waals surface area contributed by atoms with Gasteiger partial charge in [0, 0.05) is 23.3 Å². The van der Waals surface area contributed by atoms with E-state index in [0.29, 0.717) is 16.9 Å². The van der Waals surface area contributed by atoms with Crippen molar-refractivity contribution in [3.8, 4) is 5.88 Å². The number of nitro groups is 1. The number of nitrogens with one attached hydrogen (secondary N) is 1. The predicted molar refractivity (Wildman–Crippen MR) is 69.7 cm³/mol. The van der Waals surface area contributed by atoms with Gasteiger partial charge in [0.15, 0.2) is 0 Å². The number of nitrogens with zero attached hydrogens (tertiary/aromatic N) is 2. The Bertz CT molecular complexity index is 455. The van der Waals surface area contributed by atoms with Crippen molar-refractivity contribution in [1.29, 1.82) is 0 Å². The molecule has 18 heavy (non-hydrogen) atoms. The first-order valence-corrected chi connectivity index (χ1v) is 6.54. The summed E-state index contributed by atoms with van der Waals surface area (Å²) in [7, 11) is 0. The molecule has 6 nitrogen and oxygen atoms in total. The van der Waals surface area contributed by atoms with Gasteiger partial charge in [-0.3, -0.25) is 10.1 Å². The van der Waals surface area contributed by atoms with Crippen LogP contribution in [0.3, 0.4) is 0 Å². The van der Waals surface area contributed by atoms with Crippen LogP contribution in [0.15, 0.2) is 16.7 Å². The first-order valence-electron chi connectivity index (χ1n) is 5.75. The van der Waals surface area contributed by atoms with Crippen molar-refractivity contribution in [2.45, 2.75) is 19.4 Å². The Kier molecular flexibility index (Phi) is 4.13. The van der Waals surface area contributed by atoms with Crippen LogP contribution in [-0.4, -0.2) is 29.1 Å². The van der Waals surface area contributed by atoms with Crippen LogP contribution < -0.4 is 10.1 Å². The number of rotatable bonds is 3. The third-order valence-corrected chi connectivity index (χ3v) is 3.45. The quantitative estimate of drug-likeness (QED) is 0.683. The van der Waals surface area contributed by atoms with E-state index in [1.165, 1.54) is 12.3 Å². The molecule has 2 atom stereocenters. The Labute approximate surface area is 113 Å². The summed E-state index contributed by atoms with van der Waals surface area (Å²) in [5.74, 6) is 0.444. The maximum atomic E-state index is 10.9. The van der Waals surface area contributed by atoms with Crippen molar-refractivity contribution in [2.24, 2.45) is 5.92 Å². The van der Waals surface area contributed by atoms with Gasteiger partial charge in [-0.05, 0) is 34.8 Å². The first kappa shape index (κ1) is 13.2. The average molecular weight is 316 g/mol. The van der Waals surface area contributed by atoms with Crippen LogP contribution in [0.4, 0.5) is 5.69 Å². The Balaban J connectivity index is 2.20. The molecule has 1 fully saturated rings. The predicted octanol–water partition coefficient (Wildman–Crippen LogP) is 2.13. The van der Waals surface area contributed by atoms with Crippen molar-refractivity contribution in [2.75, 3.05) is 13.1 Å². The highest BCUT2D eigenvalue weighted by atomic mass is 79.9. The van der Waals surface area contributed by atoms with Gasteiger partial charge in [0.1, 0.15) is 6.10 Å². The number of aromatic nitrogens is 1. The van der Waals surface area contributed by atoms with E-state index < -0.39 is 4.92 Å². The normalized spacial score (nSPS) is 23.7. The number of hydrogen-bond donors (Lipinski definition) is 1. The summed E-state index contributed by atoms with van der Waals surface area (Å²) in [6.45, 7) is 3.73. The molecule has 2 rings (SSSR count). The summed E-state index contributed by atoms with van der Waals surface area (Å²) in [5.41, 5.74) is -0.109. The molecule has 0 spiro atoms. The largest absolute Gasteiger partial charge is 0.468 e. The van der Waals surface area contributed by atoms with E-state index >= 15 is 0 Å². The second kappa shape index (κ2) is 5.62. The van der Waals surface area contributed by atoms with Crippen LogP contribution in [0.2, 0.25) is 0 Å². The summed E-state index contributed by atoms with van der Waals surface area (Å²) < 4.78 is 6.24. The third kappa shape index (κ3) is 2.97. The van der Waals surface area contributed by atoms with Crippen LogP contribution in [0.5, 0.6) is 5.88 Å². The van der Waals surface area contributed by atoms with E-state index in [1.54, 1.807) is 0 Å². The number of pyridine rings is 1. The fourth-order valence-corrected chi connectivity index (χ4v) is 2.22. The van der Waals surface area contributed by atoms with Crippen LogP contribution in [0.25, 0.3) is 0 Å². The van der Waals surface area contributed by atoms with Crippen LogP contribution >= 0.6 is 15.9 Å². The molecule has 2 heterocycles. The monoisotopic (exact) mass is 315 g/mol. The molecule has 0 amide bonds. The topological polar surface area (TPSA) is 77.3 Å². The highest BCUT2D eigenvalue weighted by molar-refractivity contribution is 9.10. The van der Waals surface area contributed by atoms with Gasteiger partial charge in [-0.15, -0.1) is 0 Å². The molecule has 1 aliphatic heterocycles. The van der Waals surface area contributed by atoms with E-state index in [0.717, 1.165) is 13.0 Å². The average Bonchev–Trinajstić information content (AvgIpc) is 2.34. The van der Waals surface area contributed by atoms with Gasteiger partial charge >= 0.3 is 5.69 Å². The maximum absolute atomic E-state index is 10.9. The lowest BCUT2D eigenvalue weighted by atomic mass is 9.97. The van der Waals surface area contributed by atoms with Crippen molar-refractivity contribution in [1.82, 2.24) is 10.3 Å². The molecule has 0 bridgehead atoms. The van der Waals surface area contributed by atoms with Crippen molar-refractivity contribution < 1.29 is 9.66 Å². The van der Waals surface area contributed by atoms with Gasteiger partial charge in [-0.2, -0.15) is 0 Å². The molecule has 0 aliphatic carbocycles. The number of piperidine rings is 1. The molecule has 1 aromatic rings. The van der Waals surface area contributed by atoms with Gasteiger partial charge in [0.25, 0.3) is 5.88 Å². The lowest BCUT2D eigenvalue weighted by Gasteiger charge is -2.29. The van der Waals surface area contributed by atoms with E-state index in [2.05, 4.69) is 33.2 Å². The zero-order chi connectivity index (χ0) is 13.1. The summed E-state index contributed by atoms with van der Waals surface area (Å²) in [6, 6.07) is 1.41. The molecule has 1 aromatic heterocycles. The maximum Gasteiger partial charge on any atom is 0.332 e. The van der Waals surface area contributed by atoms with Crippen molar-refractivity contribution in [3.63, 3.8) is 0 Å². The zero-order valence-corrected chi connectivity index (χ0v) is 11.5. The highest BCUT2D eigenvalue weighted by Gasteiger charge is 2.26. The molecule has 1 N–H and O–H groups in total. The van der Waals surface area contributed by atoms with Gasteiger partial charge < -0.3 is 10.1 Å². The molecule has 0 aromatic carbocycles. The fraction of sp³-hybridized carbons (Fsp3) is 0.545. The smallest absolute Gasteiger partial charge is 0.332 e. The van der Waals surface area contributed by atoms with Crippen LogP contribution in [-0.2, 0) is 0 Å². The third-order valence-electron chi connectivity index (χ3n) is 3.02. The van der Waals surface area contributed by atoms with E-state index in [-0.39, 0.29) is 17.7 Å². The lowest BCUT2D eigenvalue weighted by molar-refractivity contribution is -0.386. The minimum atomic E-state index is -0.478. The van der Waals surface area contributed by atoms with Gasteiger partial charge in [0.05, 0.1) is 4.92 Å². The molecule has 2 unspecified atom stereocenters. The van der Waals surface area contributed by atoms with E-state index in [9.17, 15) is 10.1 Å². The molecule has 7 heteroatoms. The van der Waals surface area contributed by atoms with Gasteiger partial charge in [0.2, 0.25) is 0 Å². The molecule has 1 aliphatic rings. The Hall–Kier alpha value is -1.21. The summed E-state index contributed by atoms with van der Waals surface area (Å²) in [6.07, 6.45) is 2.42. The van der Waals surface area contributed by atoms with Gasteiger partial charge in [-0.25, -0.2) is 4.98 Å². The Morgan fingerprint density at radius 1 is 1.67 bits per heavy atom. The Morgan fingerprint density at radius 2 is 2.44 bits per heavy atom. The molecular formula is C11H14BrN3O3. The Morgan fingerprint density at radius 3 is 3.11 bits per heavy atom. The van der Waals surface area contributed by atoms with Crippen LogP contribution in [0.1, 0.15) is 13.3 Å². The van der Waals surface area contributed by atoms with E-state index in [1.807, 2.05) is 0 Å². The molecule has 0 saturated carbocycles. The standard InChI is InChI=1S/C11H14BrN3O3/c1-7-2-3-13-6-10(7)18-11-9(15(16)17)4-8(12)5-14-11/h4-5,7,10,13H,2-3,6H2,1H3. The number of hydrogen-bond acceptors (Lipinski definition) is 5. The van der Waals surface area contributed by atoms with Crippen molar-refractivity contribution >= 4 is 21.6 Å². The zero-order valence-electron chi connectivity index (χ0n) is 9.93. The van der Waals surface area contributed by atoms with Crippen molar-refractivity contribution in [3.05, 3.63) is 26.9 Å². The van der Waals surface area contributed by atoms with E-state index in [4.69, 9.17) is 4.74 Å². The minimum Gasteiger partial charge on any atom is -0.468 e. The summed E-state index contributed by atoms with van der Waals surface area (Å²) in [5, 5.41) is 14.2. The number of halogens is 1. The SMILES string of the molecule is CC1CCNCC1Oc1ncc(Br)cc1[N+](=O)[O-]. The second-order valence-corrected chi connectivity index (χ2v) is 5.28. The minimum absolute atomic E-state index is 0.0777. The molecule has 0 radical (unpaired) electrons. The lowest BCUT2D eigenvalue weighted by Crippen LogP contribution is -2.43. The molecule has 1 saturated heterocycles. The first-order chi connectivity index (χ1) is 8.58. The molecule has 98 valence electrons. The fourth-order valence-electron chi connectivity index (χ4n) is 1.90. The summed E-state index contributed by atoms with van der Waals surface area (Å²) >= 11 is 3.17. The molecular weight excluding hydrogens is 302 g/mol. The highest BCUT2D eigenvalue weighted by Crippen LogP contribution is 2.29. The van der Waals surface area contributed by atoms with Crippen LogP contribution in [0, 0.1) is 16.0 Å². The number of ether oxygens (including phenoxy) is 1. The summed E-state index contributed by atoms with van der Waals surface area (Å²) in [4.78, 5) is 14.5. The second-order valence-electron chi connectivity index (χ2n) is 4.36.